The molecule has 2 heterocycles. The van der Waals surface area contributed by atoms with Crippen molar-refractivity contribution >= 4 is 21.8 Å². The molecule has 1 aliphatic carbocycles. The lowest BCUT2D eigenvalue weighted by molar-refractivity contribution is 0.0942. The van der Waals surface area contributed by atoms with Gasteiger partial charge in [-0.15, -0.1) is 0 Å². The van der Waals surface area contributed by atoms with E-state index in [4.69, 9.17) is 4.52 Å². The Hall–Kier alpha value is -1.63. The molecule has 0 radical (unpaired) electrons. The summed E-state index contributed by atoms with van der Waals surface area (Å²) in [5.74, 6) is 1.32. The van der Waals surface area contributed by atoms with Gasteiger partial charge < -0.3 is 9.84 Å². The van der Waals surface area contributed by atoms with Crippen LogP contribution in [-0.4, -0.2) is 27.4 Å². The maximum Gasteiger partial charge on any atom is 0.273 e. The maximum absolute atomic E-state index is 12.3. The summed E-state index contributed by atoms with van der Waals surface area (Å²) in [5, 5.41) is 11.3. The minimum Gasteiger partial charge on any atom is -0.360 e. The third-order valence-corrected chi connectivity index (χ3v) is 5.02. The van der Waals surface area contributed by atoms with Crippen LogP contribution in [0.4, 0.5) is 0 Å². The zero-order valence-electron chi connectivity index (χ0n) is 13.4. The highest BCUT2D eigenvalue weighted by molar-refractivity contribution is 9.10. The Labute approximate surface area is 143 Å². The van der Waals surface area contributed by atoms with E-state index in [1.54, 1.807) is 0 Å². The second kappa shape index (κ2) is 6.86. The van der Waals surface area contributed by atoms with Crippen LogP contribution >= 0.6 is 15.9 Å². The zero-order valence-corrected chi connectivity index (χ0v) is 15.0. The molecule has 1 aliphatic rings. The summed E-state index contributed by atoms with van der Waals surface area (Å²) < 4.78 is 8.20. The van der Waals surface area contributed by atoms with E-state index in [9.17, 15) is 4.79 Å². The molecule has 1 N–H and O–H groups in total. The number of carbonyl (C=O) groups is 1. The van der Waals surface area contributed by atoms with E-state index in [0.717, 1.165) is 53.7 Å². The number of hydrogen-bond acceptors (Lipinski definition) is 4. The molecule has 0 saturated heterocycles. The molecule has 7 heteroatoms. The summed E-state index contributed by atoms with van der Waals surface area (Å²) in [5.41, 5.74) is 2.43. The summed E-state index contributed by atoms with van der Waals surface area (Å²) >= 11 is 3.44. The van der Waals surface area contributed by atoms with Crippen molar-refractivity contribution in [1.29, 1.82) is 0 Å². The summed E-state index contributed by atoms with van der Waals surface area (Å²) in [6, 6.07) is 0. The van der Waals surface area contributed by atoms with Gasteiger partial charge >= 0.3 is 0 Å². The first-order chi connectivity index (χ1) is 11.0. The van der Waals surface area contributed by atoms with E-state index in [1.165, 1.54) is 0 Å². The van der Waals surface area contributed by atoms with Crippen molar-refractivity contribution in [3.63, 3.8) is 0 Å². The van der Waals surface area contributed by atoms with Crippen molar-refractivity contribution in [3.05, 3.63) is 33.4 Å². The minimum atomic E-state index is -0.137. The standard InChI is InChI=1S/C16H21BrN4O2/c1-10-4-5-14-12(8-10)15(20-23-14)16(22)18-6-3-7-21-9-13(17)11(2)19-21/h9-10H,3-8H2,1-2H3,(H,18,22)/t10-/m1/s1. The third-order valence-electron chi connectivity index (χ3n) is 4.24. The second-order valence-corrected chi connectivity index (χ2v) is 7.07. The zero-order chi connectivity index (χ0) is 16.4. The highest BCUT2D eigenvalue weighted by atomic mass is 79.9. The smallest absolute Gasteiger partial charge is 0.273 e. The third kappa shape index (κ3) is 3.65. The van der Waals surface area contributed by atoms with Crippen LogP contribution in [0.2, 0.25) is 0 Å². The van der Waals surface area contributed by atoms with Crippen molar-refractivity contribution in [2.24, 2.45) is 5.92 Å². The average molecular weight is 381 g/mol. The molecule has 0 aliphatic heterocycles. The lowest BCUT2D eigenvalue weighted by atomic mass is 9.88. The number of carbonyl (C=O) groups excluding carboxylic acids is 1. The average Bonchev–Trinajstić information content (AvgIpc) is 3.07. The minimum absolute atomic E-state index is 0.137. The molecular weight excluding hydrogens is 360 g/mol. The van der Waals surface area contributed by atoms with Crippen LogP contribution in [0.3, 0.4) is 0 Å². The molecule has 0 aromatic carbocycles. The van der Waals surface area contributed by atoms with E-state index in [2.05, 4.69) is 38.4 Å². The van der Waals surface area contributed by atoms with E-state index in [0.29, 0.717) is 18.2 Å². The summed E-state index contributed by atoms with van der Waals surface area (Å²) in [6.45, 7) is 5.51. The lowest BCUT2D eigenvalue weighted by Crippen LogP contribution is -2.27. The fourth-order valence-corrected chi connectivity index (χ4v) is 3.21. The number of aromatic nitrogens is 3. The van der Waals surface area contributed by atoms with Gasteiger partial charge in [-0.1, -0.05) is 12.1 Å². The molecule has 2 aromatic heterocycles. The molecule has 2 aromatic rings. The fourth-order valence-electron chi connectivity index (χ4n) is 2.89. The molecule has 6 nitrogen and oxygen atoms in total. The van der Waals surface area contributed by atoms with Gasteiger partial charge in [0.25, 0.3) is 5.91 Å². The fraction of sp³-hybridized carbons (Fsp3) is 0.562. The molecule has 3 rings (SSSR count). The van der Waals surface area contributed by atoms with Gasteiger partial charge in [0.15, 0.2) is 5.69 Å². The lowest BCUT2D eigenvalue weighted by Gasteiger charge is -2.16. The number of nitrogens with zero attached hydrogens (tertiary/aromatic N) is 3. The summed E-state index contributed by atoms with van der Waals surface area (Å²) in [7, 11) is 0. The normalized spacial score (nSPS) is 17.1. The van der Waals surface area contributed by atoms with Gasteiger partial charge in [-0.3, -0.25) is 9.48 Å². The Bertz CT molecular complexity index is 687. The van der Waals surface area contributed by atoms with Gasteiger partial charge in [-0.2, -0.15) is 5.10 Å². The molecule has 0 unspecified atom stereocenters. The monoisotopic (exact) mass is 380 g/mol. The van der Waals surface area contributed by atoms with Crippen molar-refractivity contribution in [2.75, 3.05) is 6.54 Å². The topological polar surface area (TPSA) is 73.0 Å². The molecule has 1 atom stereocenters. The van der Waals surface area contributed by atoms with E-state index >= 15 is 0 Å². The summed E-state index contributed by atoms with van der Waals surface area (Å²) in [6.07, 6.45) is 5.62. The number of rotatable bonds is 5. The maximum atomic E-state index is 12.3. The van der Waals surface area contributed by atoms with Gasteiger partial charge in [0.05, 0.1) is 10.2 Å². The number of nitrogens with one attached hydrogen (secondary N) is 1. The first-order valence-electron chi connectivity index (χ1n) is 7.99. The molecule has 124 valence electrons. The van der Waals surface area contributed by atoms with Crippen molar-refractivity contribution in [1.82, 2.24) is 20.3 Å². The predicted octanol–water partition coefficient (Wildman–Crippen LogP) is 2.89. The predicted molar refractivity (Wildman–Crippen MR) is 89.3 cm³/mol. The molecule has 0 spiro atoms. The van der Waals surface area contributed by atoms with Crippen LogP contribution < -0.4 is 5.32 Å². The van der Waals surface area contributed by atoms with Crippen LogP contribution in [0, 0.1) is 12.8 Å². The highest BCUT2D eigenvalue weighted by Crippen LogP contribution is 2.27. The van der Waals surface area contributed by atoms with Gasteiger partial charge in [-0.25, -0.2) is 0 Å². The van der Waals surface area contributed by atoms with Crippen LogP contribution in [0.25, 0.3) is 0 Å². The molecule has 23 heavy (non-hydrogen) atoms. The first kappa shape index (κ1) is 16.2. The van der Waals surface area contributed by atoms with Gasteiger partial charge in [0, 0.05) is 31.3 Å². The molecule has 1 amide bonds. The Balaban J connectivity index is 1.51. The Morgan fingerprint density at radius 1 is 1.57 bits per heavy atom. The number of hydrogen-bond donors (Lipinski definition) is 1. The van der Waals surface area contributed by atoms with Crippen molar-refractivity contribution in [3.8, 4) is 0 Å². The van der Waals surface area contributed by atoms with Crippen molar-refractivity contribution < 1.29 is 9.32 Å². The van der Waals surface area contributed by atoms with Crippen LogP contribution in [-0.2, 0) is 19.4 Å². The quantitative estimate of drug-likeness (QED) is 0.809. The van der Waals surface area contributed by atoms with E-state index < -0.39 is 0 Å². The van der Waals surface area contributed by atoms with Crippen molar-refractivity contribution in [2.45, 2.75) is 46.1 Å². The summed E-state index contributed by atoms with van der Waals surface area (Å²) in [4.78, 5) is 12.3. The SMILES string of the molecule is Cc1nn(CCCNC(=O)c2noc3c2C[C@H](C)CC3)cc1Br. The number of halogens is 1. The number of aryl methyl sites for hydroxylation is 3. The molecule has 0 bridgehead atoms. The molecule has 0 saturated carbocycles. The van der Waals surface area contributed by atoms with Crippen LogP contribution in [0.15, 0.2) is 15.2 Å². The van der Waals surface area contributed by atoms with Crippen LogP contribution in [0.5, 0.6) is 0 Å². The largest absolute Gasteiger partial charge is 0.360 e. The van der Waals surface area contributed by atoms with Gasteiger partial charge in [-0.05, 0) is 48.0 Å². The van der Waals surface area contributed by atoms with Crippen LogP contribution in [0.1, 0.15) is 47.3 Å². The Morgan fingerprint density at radius 2 is 2.39 bits per heavy atom. The second-order valence-electron chi connectivity index (χ2n) is 6.22. The molecule has 0 fully saturated rings. The van der Waals surface area contributed by atoms with E-state index in [-0.39, 0.29) is 5.91 Å². The van der Waals surface area contributed by atoms with Gasteiger partial charge in [0.1, 0.15) is 5.76 Å². The van der Waals surface area contributed by atoms with Gasteiger partial charge in [0.2, 0.25) is 0 Å². The van der Waals surface area contributed by atoms with E-state index in [1.807, 2.05) is 17.8 Å². The Kier molecular flexibility index (Phi) is 4.84. The number of amides is 1. The molecular formula is C16H21BrN4O2. The number of fused-ring (bicyclic) bond motifs is 1. The Morgan fingerprint density at radius 3 is 3.13 bits per heavy atom. The first-order valence-corrected chi connectivity index (χ1v) is 8.79. The highest BCUT2D eigenvalue weighted by Gasteiger charge is 2.26.